The maximum Gasteiger partial charge on any atom is 0.0888 e. The Balaban J connectivity index is 2.26. The molecule has 1 aromatic heterocycles. The van der Waals surface area contributed by atoms with Gasteiger partial charge in [0, 0.05) is 14.2 Å². The number of methoxy groups -OCH3 is 1. The van der Waals surface area contributed by atoms with Crippen molar-refractivity contribution in [1.82, 2.24) is 20.3 Å². The van der Waals surface area contributed by atoms with Crippen molar-refractivity contribution < 1.29 is 4.74 Å². The highest BCUT2D eigenvalue weighted by Gasteiger charge is 2.46. The highest BCUT2D eigenvalue weighted by molar-refractivity contribution is 5.13. The van der Waals surface area contributed by atoms with Gasteiger partial charge in [0.1, 0.15) is 0 Å². The summed E-state index contributed by atoms with van der Waals surface area (Å²) in [6.45, 7) is 3.03. The smallest absolute Gasteiger partial charge is 0.0888 e. The average Bonchev–Trinajstić information content (AvgIpc) is 2.62. The lowest BCUT2D eigenvalue weighted by Crippen LogP contribution is -2.51. The molecular formula is C11H20N4O. The topological polar surface area (TPSA) is 52.0 Å². The first-order valence-electron chi connectivity index (χ1n) is 5.86. The van der Waals surface area contributed by atoms with Gasteiger partial charge in [-0.25, -0.2) is 0 Å². The number of ether oxygens (including phenoxy) is 1. The maximum atomic E-state index is 5.74. The van der Waals surface area contributed by atoms with Crippen LogP contribution in [0.2, 0.25) is 0 Å². The van der Waals surface area contributed by atoms with Crippen LogP contribution >= 0.6 is 0 Å². The quantitative estimate of drug-likeness (QED) is 0.811. The van der Waals surface area contributed by atoms with Gasteiger partial charge in [0.25, 0.3) is 0 Å². The average molecular weight is 224 g/mol. The van der Waals surface area contributed by atoms with Crippen molar-refractivity contribution in [3.63, 3.8) is 0 Å². The number of likely N-dealkylation sites (N-methyl/N-ethyl adjacent to an activating group) is 1. The lowest BCUT2D eigenvalue weighted by atomic mass is 9.73. The number of aromatic nitrogens is 3. The van der Waals surface area contributed by atoms with Gasteiger partial charge in [0.2, 0.25) is 0 Å². The number of aryl methyl sites for hydroxylation is 1. The predicted molar refractivity (Wildman–Crippen MR) is 61.0 cm³/mol. The lowest BCUT2D eigenvalue weighted by Gasteiger charge is -2.46. The number of nitrogens with zero attached hydrogens (tertiary/aromatic N) is 3. The van der Waals surface area contributed by atoms with Gasteiger partial charge in [-0.15, -0.1) is 5.10 Å². The van der Waals surface area contributed by atoms with Gasteiger partial charge >= 0.3 is 0 Å². The third-order valence-electron chi connectivity index (χ3n) is 3.59. The lowest BCUT2D eigenvalue weighted by molar-refractivity contribution is -0.101. The summed E-state index contributed by atoms with van der Waals surface area (Å²) < 4.78 is 7.56. The van der Waals surface area contributed by atoms with Gasteiger partial charge in [-0.2, -0.15) is 0 Å². The zero-order valence-electron chi connectivity index (χ0n) is 10.2. The molecule has 0 spiro atoms. The van der Waals surface area contributed by atoms with E-state index in [4.69, 9.17) is 4.74 Å². The Bertz CT molecular complexity index is 340. The molecule has 0 amide bonds. The predicted octanol–water partition coefficient (Wildman–Crippen LogP) is 1.03. The number of hydrogen-bond donors (Lipinski definition) is 1. The van der Waals surface area contributed by atoms with E-state index in [-0.39, 0.29) is 11.6 Å². The van der Waals surface area contributed by atoms with Crippen LogP contribution in [-0.2, 0) is 11.8 Å². The van der Waals surface area contributed by atoms with E-state index >= 15 is 0 Å². The Labute approximate surface area is 96.2 Å². The summed E-state index contributed by atoms with van der Waals surface area (Å²) in [6.07, 6.45) is 5.27. The number of nitrogens with one attached hydrogen (secondary N) is 1. The van der Waals surface area contributed by atoms with E-state index in [1.54, 1.807) is 7.11 Å². The van der Waals surface area contributed by atoms with Gasteiger partial charge in [-0.3, -0.25) is 4.68 Å². The fourth-order valence-electron chi connectivity index (χ4n) is 2.46. The van der Waals surface area contributed by atoms with Gasteiger partial charge in [-0.05, 0) is 25.8 Å². The van der Waals surface area contributed by atoms with E-state index in [9.17, 15) is 0 Å². The molecule has 5 heteroatoms. The molecule has 1 heterocycles. The van der Waals surface area contributed by atoms with Gasteiger partial charge < -0.3 is 10.1 Å². The molecule has 0 aromatic carbocycles. The van der Waals surface area contributed by atoms with Crippen molar-refractivity contribution in [1.29, 1.82) is 0 Å². The highest BCUT2D eigenvalue weighted by Crippen LogP contribution is 2.44. The highest BCUT2D eigenvalue weighted by atomic mass is 16.5. The summed E-state index contributed by atoms with van der Waals surface area (Å²) in [7, 11) is 3.72. The molecule has 1 unspecified atom stereocenters. The zero-order chi connectivity index (χ0) is 11.6. The third-order valence-corrected chi connectivity index (χ3v) is 3.59. The molecule has 0 aliphatic heterocycles. The van der Waals surface area contributed by atoms with E-state index < -0.39 is 0 Å². The van der Waals surface area contributed by atoms with Crippen molar-refractivity contribution in [3.05, 3.63) is 11.9 Å². The van der Waals surface area contributed by atoms with Gasteiger partial charge in [0.05, 0.1) is 23.5 Å². The van der Waals surface area contributed by atoms with Crippen LogP contribution in [0.3, 0.4) is 0 Å². The van der Waals surface area contributed by atoms with Gasteiger partial charge in [-0.1, -0.05) is 12.1 Å². The van der Waals surface area contributed by atoms with Crippen LogP contribution in [0, 0.1) is 0 Å². The summed E-state index contributed by atoms with van der Waals surface area (Å²) in [5.41, 5.74) is 1.04. The van der Waals surface area contributed by atoms with Gasteiger partial charge in [0.15, 0.2) is 0 Å². The van der Waals surface area contributed by atoms with E-state index in [0.717, 1.165) is 25.1 Å². The van der Waals surface area contributed by atoms with Crippen molar-refractivity contribution >= 4 is 0 Å². The SMILES string of the molecule is CCNC(c1cnnn1C)C1(OC)CCC1. The molecule has 0 saturated heterocycles. The maximum absolute atomic E-state index is 5.74. The Kier molecular flexibility index (Phi) is 3.25. The van der Waals surface area contributed by atoms with E-state index in [2.05, 4.69) is 22.6 Å². The molecule has 1 aliphatic carbocycles. The first-order chi connectivity index (χ1) is 7.73. The first-order valence-corrected chi connectivity index (χ1v) is 5.86. The second-order valence-electron chi connectivity index (χ2n) is 4.40. The second-order valence-corrected chi connectivity index (χ2v) is 4.40. The fourth-order valence-corrected chi connectivity index (χ4v) is 2.46. The molecule has 1 aromatic rings. The second kappa shape index (κ2) is 4.51. The van der Waals surface area contributed by atoms with Crippen molar-refractivity contribution in [2.24, 2.45) is 7.05 Å². The molecule has 1 fully saturated rings. The largest absolute Gasteiger partial charge is 0.376 e. The molecule has 1 N–H and O–H groups in total. The van der Waals surface area contributed by atoms with Crippen LogP contribution in [0.25, 0.3) is 0 Å². The summed E-state index contributed by atoms with van der Waals surface area (Å²) in [6, 6.07) is 0.191. The van der Waals surface area contributed by atoms with Crippen LogP contribution in [0.15, 0.2) is 6.20 Å². The Morgan fingerprint density at radius 2 is 2.38 bits per heavy atom. The fraction of sp³-hybridized carbons (Fsp3) is 0.818. The molecule has 1 atom stereocenters. The Morgan fingerprint density at radius 3 is 2.75 bits per heavy atom. The third kappa shape index (κ3) is 1.74. The molecule has 90 valence electrons. The standard InChI is InChI=1S/C11H20N4O/c1-4-12-10(9-8-13-14-15(9)2)11(16-3)6-5-7-11/h8,10,12H,4-7H2,1-3H3. The molecule has 0 radical (unpaired) electrons. The molecule has 0 bridgehead atoms. The summed E-state index contributed by atoms with van der Waals surface area (Å²) >= 11 is 0. The Hall–Kier alpha value is -0.940. The van der Waals surface area contributed by atoms with Crippen molar-refractivity contribution in [2.45, 2.75) is 37.8 Å². The van der Waals surface area contributed by atoms with Crippen LogP contribution in [0.4, 0.5) is 0 Å². The molecule has 2 rings (SSSR count). The summed E-state index contributed by atoms with van der Waals surface area (Å²) in [5.74, 6) is 0. The minimum absolute atomic E-state index is 0.0640. The van der Waals surface area contributed by atoms with Crippen LogP contribution in [0.1, 0.15) is 37.9 Å². The van der Waals surface area contributed by atoms with Crippen molar-refractivity contribution in [3.8, 4) is 0 Å². The van der Waals surface area contributed by atoms with Crippen LogP contribution in [0.5, 0.6) is 0 Å². The molecule has 16 heavy (non-hydrogen) atoms. The minimum Gasteiger partial charge on any atom is -0.376 e. The normalized spacial score (nSPS) is 20.4. The first kappa shape index (κ1) is 11.5. The van der Waals surface area contributed by atoms with Crippen molar-refractivity contribution in [2.75, 3.05) is 13.7 Å². The molecule has 5 nitrogen and oxygen atoms in total. The monoisotopic (exact) mass is 224 g/mol. The van der Waals surface area contributed by atoms with Crippen LogP contribution < -0.4 is 5.32 Å². The molecule has 1 saturated carbocycles. The zero-order valence-corrected chi connectivity index (χ0v) is 10.2. The van der Waals surface area contributed by atoms with E-state index in [1.807, 2.05) is 17.9 Å². The number of rotatable bonds is 5. The minimum atomic E-state index is -0.0640. The van der Waals surface area contributed by atoms with E-state index in [0.29, 0.717) is 0 Å². The Morgan fingerprint density at radius 1 is 1.62 bits per heavy atom. The van der Waals surface area contributed by atoms with E-state index in [1.165, 1.54) is 6.42 Å². The molecule has 1 aliphatic rings. The summed E-state index contributed by atoms with van der Waals surface area (Å²) in [5, 5.41) is 11.4. The number of hydrogen-bond acceptors (Lipinski definition) is 4. The van der Waals surface area contributed by atoms with Crippen LogP contribution in [-0.4, -0.2) is 34.2 Å². The molecular weight excluding hydrogens is 204 g/mol. The summed E-state index contributed by atoms with van der Waals surface area (Å²) in [4.78, 5) is 0.